The molecule has 0 saturated heterocycles. The summed E-state index contributed by atoms with van der Waals surface area (Å²) in [5, 5.41) is 13.2. The highest BCUT2D eigenvalue weighted by Crippen LogP contribution is 2.32. The molecule has 0 atom stereocenters. The van der Waals surface area contributed by atoms with Crippen LogP contribution in [-0.2, 0) is 0 Å². The van der Waals surface area contributed by atoms with Crippen molar-refractivity contribution in [1.82, 2.24) is 0 Å². The van der Waals surface area contributed by atoms with E-state index in [2.05, 4.69) is 21.2 Å². The lowest BCUT2D eigenvalue weighted by Gasteiger charge is -2.09. The smallest absolute Gasteiger partial charge is 0.379 e. The predicted molar refractivity (Wildman–Crippen MR) is 67.8 cm³/mol. The fourth-order valence-electron chi connectivity index (χ4n) is 1.18. The number of benzene rings is 1. The summed E-state index contributed by atoms with van der Waals surface area (Å²) in [5.74, 6) is -1.13. The first-order chi connectivity index (χ1) is 8.70. The number of hydrogen-bond donors (Lipinski definition) is 1. The van der Waals surface area contributed by atoms with Gasteiger partial charge in [-0.1, -0.05) is 0 Å². The van der Waals surface area contributed by atoms with Crippen molar-refractivity contribution in [1.29, 1.82) is 0 Å². The van der Waals surface area contributed by atoms with Crippen molar-refractivity contribution in [3.05, 3.63) is 32.5 Å². The van der Waals surface area contributed by atoms with Crippen molar-refractivity contribution in [2.75, 3.05) is 17.6 Å². The minimum atomic E-state index is -4.35. The molecule has 19 heavy (non-hydrogen) atoms. The summed E-state index contributed by atoms with van der Waals surface area (Å²) in [6.07, 6.45) is 0. The summed E-state index contributed by atoms with van der Waals surface area (Å²) >= 11 is 2.60. The first-order valence-electron chi connectivity index (χ1n) is 4.78. The number of anilines is 1. The van der Waals surface area contributed by atoms with Crippen LogP contribution < -0.4 is 5.32 Å². The number of halogens is 5. The first kappa shape index (κ1) is 16.0. The second-order valence-corrected chi connectivity index (χ2v) is 5.28. The van der Waals surface area contributed by atoms with Gasteiger partial charge in [-0.3, -0.25) is 10.1 Å². The van der Waals surface area contributed by atoms with Crippen molar-refractivity contribution in [2.45, 2.75) is 5.51 Å². The van der Waals surface area contributed by atoms with E-state index in [1.807, 2.05) is 0 Å². The van der Waals surface area contributed by atoms with E-state index in [0.29, 0.717) is 6.07 Å². The van der Waals surface area contributed by atoms with Gasteiger partial charge in [0.05, 0.1) is 15.5 Å². The summed E-state index contributed by atoms with van der Waals surface area (Å²) in [4.78, 5) is 9.86. The molecule has 106 valence electrons. The summed E-state index contributed by atoms with van der Waals surface area (Å²) in [6.45, 7) is -0.136. The second-order valence-electron chi connectivity index (χ2n) is 3.26. The number of nitrogens with zero attached hydrogens (tertiary/aromatic N) is 1. The Bertz CT molecular complexity index is 484. The van der Waals surface area contributed by atoms with E-state index in [4.69, 9.17) is 0 Å². The fraction of sp³-hybridized carbons (Fsp3) is 0.333. The number of hydrogen-bond acceptors (Lipinski definition) is 4. The zero-order chi connectivity index (χ0) is 14.6. The predicted octanol–water partition coefficient (Wildman–Crippen LogP) is 4.16. The minimum Gasteiger partial charge on any atom is -0.379 e. The lowest BCUT2D eigenvalue weighted by atomic mass is 10.2. The zero-order valence-corrected chi connectivity index (χ0v) is 11.5. The van der Waals surface area contributed by atoms with Crippen molar-refractivity contribution in [3.63, 3.8) is 0 Å². The Morgan fingerprint density at radius 1 is 1.42 bits per heavy atom. The van der Waals surface area contributed by atoms with Crippen LogP contribution in [0.1, 0.15) is 0 Å². The Labute approximate surface area is 117 Å². The topological polar surface area (TPSA) is 55.2 Å². The highest BCUT2D eigenvalue weighted by molar-refractivity contribution is 9.10. The lowest BCUT2D eigenvalue weighted by molar-refractivity contribution is -0.384. The summed E-state index contributed by atoms with van der Waals surface area (Å²) < 4.78 is 48.7. The maximum Gasteiger partial charge on any atom is 0.441 e. The van der Waals surface area contributed by atoms with Crippen LogP contribution in [0.25, 0.3) is 0 Å². The van der Waals surface area contributed by atoms with Gasteiger partial charge in [0.1, 0.15) is 11.5 Å². The molecule has 1 rings (SSSR count). The maximum absolute atomic E-state index is 13.1. The zero-order valence-electron chi connectivity index (χ0n) is 9.13. The SMILES string of the molecule is O=[N+]([O-])c1cc(F)c(Br)cc1NCCSC(F)(F)F. The van der Waals surface area contributed by atoms with Gasteiger partial charge >= 0.3 is 5.51 Å². The van der Waals surface area contributed by atoms with E-state index in [-0.39, 0.29) is 34.2 Å². The molecule has 10 heteroatoms. The molecule has 0 aliphatic carbocycles. The van der Waals surface area contributed by atoms with Crippen LogP contribution in [0.2, 0.25) is 0 Å². The van der Waals surface area contributed by atoms with Crippen LogP contribution >= 0.6 is 27.7 Å². The van der Waals surface area contributed by atoms with Crippen LogP contribution in [0, 0.1) is 15.9 Å². The molecular weight excluding hydrogens is 356 g/mol. The molecule has 0 bridgehead atoms. The van der Waals surface area contributed by atoms with Crippen molar-refractivity contribution >= 4 is 39.1 Å². The van der Waals surface area contributed by atoms with E-state index in [9.17, 15) is 27.7 Å². The average molecular weight is 363 g/mol. The van der Waals surface area contributed by atoms with Crippen LogP contribution in [0.3, 0.4) is 0 Å². The molecule has 0 saturated carbocycles. The van der Waals surface area contributed by atoms with E-state index in [1.165, 1.54) is 0 Å². The van der Waals surface area contributed by atoms with Gasteiger partial charge in [-0.2, -0.15) is 13.2 Å². The van der Waals surface area contributed by atoms with Gasteiger partial charge in [-0.25, -0.2) is 4.39 Å². The number of thioether (sulfide) groups is 1. The van der Waals surface area contributed by atoms with Crippen LogP contribution in [0.5, 0.6) is 0 Å². The Balaban J connectivity index is 2.72. The Hall–Kier alpha value is -1.03. The van der Waals surface area contributed by atoms with Crippen molar-refractivity contribution < 1.29 is 22.5 Å². The van der Waals surface area contributed by atoms with Crippen molar-refractivity contribution in [2.24, 2.45) is 0 Å². The van der Waals surface area contributed by atoms with Gasteiger partial charge in [0.2, 0.25) is 0 Å². The quantitative estimate of drug-likeness (QED) is 0.369. The fourth-order valence-corrected chi connectivity index (χ4v) is 1.96. The summed E-state index contributed by atoms with van der Waals surface area (Å²) in [5.41, 5.74) is -4.92. The molecule has 0 spiro atoms. The molecule has 0 unspecified atom stereocenters. The van der Waals surface area contributed by atoms with E-state index >= 15 is 0 Å². The number of nitrogens with one attached hydrogen (secondary N) is 1. The number of nitro benzene ring substituents is 1. The van der Waals surface area contributed by atoms with E-state index in [1.54, 1.807) is 0 Å². The monoisotopic (exact) mass is 362 g/mol. The molecule has 0 aromatic heterocycles. The molecule has 0 aliphatic rings. The lowest BCUT2D eigenvalue weighted by Crippen LogP contribution is -2.10. The Morgan fingerprint density at radius 3 is 2.58 bits per heavy atom. The first-order valence-corrected chi connectivity index (χ1v) is 6.56. The molecule has 0 amide bonds. The second kappa shape index (κ2) is 6.42. The molecule has 1 aromatic carbocycles. The van der Waals surface area contributed by atoms with Crippen LogP contribution in [0.15, 0.2) is 16.6 Å². The van der Waals surface area contributed by atoms with Gasteiger partial charge in [0.15, 0.2) is 0 Å². The molecule has 0 fully saturated rings. The number of alkyl halides is 3. The molecule has 4 nitrogen and oxygen atoms in total. The van der Waals surface area contributed by atoms with Crippen LogP contribution in [0.4, 0.5) is 28.9 Å². The number of nitro groups is 1. The molecule has 0 heterocycles. The van der Waals surface area contributed by atoms with Gasteiger partial charge in [0, 0.05) is 12.3 Å². The highest BCUT2D eigenvalue weighted by Gasteiger charge is 2.27. The molecular formula is C9H7BrF4N2O2S. The third-order valence-electron chi connectivity index (χ3n) is 1.92. The van der Waals surface area contributed by atoms with Gasteiger partial charge in [-0.05, 0) is 33.8 Å². The minimum absolute atomic E-state index is 0.0101. The molecule has 0 aliphatic heterocycles. The highest BCUT2D eigenvalue weighted by atomic mass is 79.9. The Kier molecular flexibility index (Phi) is 5.41. The van der Waals surface area contributed by atoms with Gasteiger partial charge in [0.25, 0.3) is 5.69 Å². The molecule has 1 N–H and O–H groups in total. The summed E-state index contributed by atoms with van der Waals surface area (Å²) in [6, 6.07) is 1.81. The largest absolute Gasteiger partial charge is 0.441 e. The van der Waals surface area contributed by atoms with E-state index < -0.39 is 21.9 Å². The number of rotatable bonds is 5. The maximum atomic E-state index is 13.1. The third kappa shape index (κ3) is 5.23. The average Bonchev–Trinajstić information content (AvgIpc) is 2.27. The van der Waals surface area contributed by atoms with E-state index in [0.717, 1.165) is 6.07 Å². The normalized spacial score (nSPS) is 11.4. The Morgan fingerprint density at radius 2 is 2.05 bits per heavy atom. The van der Waals surface area contributed by atoms with Crippen molar-refractivity contribution in [3.8, 4) is 0 Å². The molecule has 1 aromatic rings. The van der Waals surface area contributed by atoms with Gasteiger partial charge in [-0.15, -0.1) is 0 Å². The summed E-state index contributed by atoms with van der Waals surface area (Å²) in [7, 11) is 0. The van der Waals surface area contributed by atoms with Gasteiger partial charge < -0.3 is 5.32 Å². The third-order valence-corrected chi connectivity index (χ3v) is 3.26. The molecule has 0 radical (unpaired) electrons. The van der Waals surface area contributed by atoms with Crippen LogP contribution in [-0.4, -0.2) is 22.7 Å². The standard InChI is InChI=1S/C9H7BrF4N2O2S/c10-5-3-7(8(16(17)18)4-6(5)11)15-1-2-19-9(12,13)14/h3-4,15H,1-2H2.